The number of hydrazone groups is 1. The minimum atomic E-state index is -3.71. The molecule has 180 valence electrons. The molecular weight excluding hydrogens is 463 g/mol. The number of amides is 2. The zero-order valence-corrected chi connectivity index (χ0v) is 19.3. The molecule has 2 aromatic carbocycles. The number of primary amides is 1. The van der Waals surface area contributed by atoms with Crippen LogP contribution in [-0.2, 0) is 19.6 Å². The molecule has 34 heavy (non-hydrogen) atoms. The third-order valence-electron chi connectivity index (χ3n) is 5.78. The number of benzene rings is 2. The summed E-state index contributed by atoms with van der Waals surface area (Å²) in [5.74, 6) is -1.73. The average Bonchev–Trinajstić information content (AvgIpc) is 3.26. The maximum Gasteiger partial charge on any atom is 0.271 e. The number of likely N-dealkylation sites (N-methyl/N-ethyl adjacent to an activating group) is 1. The van der Waals surface area contributed by atoms with Crippen LogP contribution in [0.3, 0.4) is 0 Å². The lowest BCUT2D eigenvalue weighted by molar-refractivity contribution is -0.119. The van der Waals surface area contributed by atoms with E-state index in [1.807, 2.05) is 7.05 Å². The van der Waals surface area contributed by atoms with Gasteiger partial charge < -0.3 is 16.0 Å². The van der Waals surface area contributed by atoms with E-state index in [1.54, 1.807) is 12.1 Å². The molecule has 0 radical (unpaired) electrons. The van der Waals surface area contributed by atoms with Crippen LogP contribution in [0.25, 0.3) is 0 Å². The summed E-state index contributed by atoms with van der Waals surface area (Å²) in [6.45, 7) is 2.06. The first kappa shape index (κ1) is 23.8. The van der Waals surface area contributed by atoms with Gasteiger partial charge in [-0.25, -0.2) is 12.8 Å². The van der Waals surface area contributed by atoms with Crippen molar-refractivity contribution in [3.63, 3.8) is 0 Å². The van der Waals surface area contributed by atoms with Crippen molar-refractivity contribution < 1.29 is 22.4 Å². The summed E-state index contributed by atoms with van der Waals surface area (Å²) in [5.41, 5.74) is 6.21. The van der Waals surface area contributed by atoms with Crippen LogP contribution in [0, 0.1) is 5.82 Å². The molecule has 2 aromatic rings. The van der Waals surface area contributed by atoms with Gasteiger partial charge in [-0.05, 0) is 49.5 Å². The monoisotopic (exact) mass is 488 g/mol. The predicted molar refractivity (Wildman–Crippen MR) is 125 cm³/mol. The van der Waals surface area contributed by atoms with Crippen LogP contribution in [0.2, 0.25) is 0 Å². The second-order valence-corrected chi connectivity index (χ2v) is 10.1. The number of hydrogen-bond donors (Lipinski definition) is 2. The Kier molecular flexibility index (Phi) is 6.64. The smallest absolute Gasteiger partial charge is 0.271 e. The van der Waals surface area contributed by atoms with E-state index in [2.05, 4.69) is 15.3 Å². The molecule has 4 rings (SSSR count). The molecular formula is C22H25FN6O4S. The van der Waals surface area contributed by atoms with Crippen molar-refractivity contribution in [3.8, 4) is 0 Å². The fourth-order valence-electron chi connectivity index (χ4n) is 3.82. The van der Waals surface area contributed by atoms with Crippen LogP contribution < -0.4 is 16.1 Å². The summed E-state index contributed by atoms with van der Waals surface area (Å²) in [6.07, 6.45) is -0.0438. The van der Waals surface area contributed by atoms with Crippen molar-refractivity contribution in [1.29, 1.82) is 0 Å². The molecule has 2 aliphatic heterocycles. The van der Waals surface area contributed by atoms with Crippen molar-refractivity contribution in [2.75, 3.05) is 43.6 Å². The van der Waals surface area contributed by atoms with Crippen LogP contribution in [0.4, 0.5) is 15.8 Å². The molecule has 0 spiro atoms. The maximum atomic E-state index is 13.3. The fraction of sp³-hybridized carbons (Fsp3) is 0.318. The molecule has 0 aliphatic carbocycles. The Morgan fingerprint density at radius 3 is 2.41 bits per heavy atom. The van der Waals surface area contributed by atoms with Gasteiger partial charge in [0, 0.05) is 38.3 Å². The number of rotatable bonds is 6. The van der Waals surface area contributed by atoms with Gasteiger partial charge in [-0.3, -0.25) is 14.6 Å². The highest BCUT2D eigenvalue weighted by Crippen LogP contribution is 2.26. The van der Waals surface area contributed by atoms with Gasteiger partial charge in [0.1, 0.15) is 17.6 Å². The normalized spacial score (nSPS) is 19.6. The summed E-state index contributed by atoms with van der Waals surface area (Å²) >= 11 is 0. The first-order chi connectivity index (χ1) is 16.1. The predicted octanol–water partition coefficient (Wildman–Crippen LogP) is 0.820. The minimum Gasteiger partial charge on any atom is -0.368 e. The molecule has 1 saturated heterocycles. The molecule has 1 unspecified atom stereocenters. The van der Waals surface area contributed by atoms with E-state index in [9.17, 15) is 22.4 Å². The quantitative estimate of drug-likeness (QED) is 0.620. The number of carbonyl (C=O) groups excluding carboxylic acids is 2. The molecule has 2 heterocycles. The molecule has 0 bridgehead atoms. The van der Waals surface area contributed by atoms with Crippen LogP contribution in [-0.4, -0.2) is 74.4 Å². The Balaban J connectivity index is 1.52. The Labute approximate surface area is 196 Å². The molecule has 10 nitrogen and oxygen atoms in total. The summed E-state index contributed by atoms with van der Waals surface area (Å²) in [6, 6.07) is 10.4. The topological polar surface area (TPSA) is 128 Å². The SMILES string of the molecule is CN1CCN(S(=O)(=O)c2cccc(NC(=O)C3=NN(c4ccc(F)cc4)C(C(N)=O)C3)c2)CC1. The summed E-state index contributed by atoms with van der Waals surface area (Å²) < 4.78 is 40.7. The lowest BCUT2D eigenvalue weighted by Crippen LogP contribution is -2.47. The average molecular weight is 489 g/mol. The molecule has 3 N–H and O–H groups in total. The summed E-state index contributed by atoms with van der Waals surface area (Å²) in [5, 5.41) is 8.15. The van der Waals surface area contributed by atoms with Crippen molar-refractivity contribution >= 4 is 38.9 Å². The molecule has 0 saturated carbocycles. The Morgan fingerprint density at radius 2 is 1.76 bits per heavy atom. The minimum absolute atomic E-state index is 0.0421. The van der Waals surface area contributed by atoms with E-state index in [0.29, 0.717) is 31.9 Å². The van der Waals surface area contributed by atoms with E-state index in [1.165, 1.54) is 45.7 Å². The fourth-order valence-corrected chi connectivity index (χ4v) is 5.28. The zero-order chi connectivity index (χ0) is 24.5. The highest BCUT2D eigenvalue weighted by Gasteiger charge is 2.35. The Morgan fingerprint density at radius 1 is 1.09 bits per heavy atom. The van der Waals surface area contributed by atoms with Crippen LogP contribution >= 0.6 is 0 Å². The number of nitrogens with one attached hydrogen (secondary N) is 1. The van der Waals surface area contributed by atoms with E-state index in [4.69, 9.17) is 5.73 Å². The number of sulfonamides is 1. The maximum absolute atomic E-state index is 13.3. The van der Waals surface area contributed by atoms with Gasteiger partial charge in [-0.2, -0.15) is 9.41 Å². The van der Waals surface area contributed by atoms with Crippen LogP contribution in [0.15, 0.2) is 58.5 Å². The number of nitrogens with zero attached hydrogens (tertiary/aromatic N) is 4. The van der Waals surface area contributed by atoms with E-state index < -0.39 is 33.7 Å². The van der Waals surface area contributed by atoms with E-state index in [-0.39, 0.29) is 22.7 Å². The van der Waals surface area contributed by atoms with Crippen LogP contribution in [0.1, 0.15) is 6.42 Å². The van der Waals surface area contributed by atoms with Gasteiger partial charge in [-0.1, -0.05) is 6.07 Å². The molecule has 2 amide bonds. The standard InChI is InChI=1S/C22H25FN6O4S/c1-27-9-11-28(12-10-27)34(32,33)18-4-2-3-16(13-18)25-22(31)19-14-20(21(24)30)29(26-19)17-7-5-15(23)6-8-17/h2-8,13,20H,9-12,14H2,1H3,(H2,24,30)(H,25,31). The molecule has 1 fully saturated rings. The first-order valence-electron chi connectivity index (χ1n) is 10.7. The highest BCUT2D eigenvalue weighted by atomic mass is 32.2. The van der Waals surface area contributed by atoms with Gasteiger partial charge in [0.25, 0.3) is 5.91 Å². The van der Waals surface area contributed by atoms with Crippen LogP contribution in [0.5, 0.6) is 0 Å². The van der Waals surface area contributed by atoms with Gasteiger partial charge in [-0.15, -0.1) is 0 Å². The number of nitrogens with two attached hydrogens (primary N) is 1. The van der Waals surface area contributed by atoms with Gasteiger partial charge in [0.15, 0.2) is 0 Å². The number of carbonyl (C=O) groups is 2. The second kappa shape index (κ2) is 9.49. The zero-order valence-electron chi connectivity index (χ0n) is 18.5. The van der Waals surface area contributed by atoms with E-state index in [0.717, 1.165) is 0 Å². The largest absolute Gasteiger partial charge is 0.368 e. The summed E-state index contributed by atoms with van der Waals surface area (Å²) in [4.78, 5) is 26.9. The molecule has 2 aliphatic rings. The molecule has 0 aromatic heterocycles. The Bertz CT molecular complexity index is 1230. The summed E-state index contributed by atoms with van der Waals surface area (Å²) in [7, 11) is -1.77. The van der Waals surface area contributed by atoms with Gasteiger partial charge in [0.05, 0.1) is 10.6 Å². The second-order valence-electron chi connectivity index (χ2n) is 8.18. The van der Waals surface area contributed by atoms with E-state index >= 15 is 0 Å². The lowest BCUT2D eigenvalue weighted by atomic mass is 10.1. The van der Waals surface area contributed by atoms with Crippen molar-refractivity contribution in [2.45, 2.75) is 17.4 Å². The number of anilines is 2. The third-order valence-corrected chi connectivity index (χ3v) is 7.68. The van der Waals surface area contributed by atoms with Gasteiger partial charge in [0.2, 0.25) is 15.9 Å². The Hall–Kier alpha value is -3.35. The van der Waals surface area contributed by atoms with Crippen molar-refractivity contribution in [2.24, 2.45) is 10.8 Å². The lowest BCUT2D eigenvalue weighted by Gasteiger charge is -2.31. The first-order valence-corrected chi connectivity index (χ1v) is 12.1. The van der Waals surface area contributed by atoms with Crippen molar-refractivity contribution in [1.82, 2.24) is 9.21 Å². The third kappa shape index (κ3) is 4.93. The number of halogens is 1. The van der Waals surface area contributed by atoms with Crippen molar-refractivity contribution in [3.05, 3.63) is 54.3 Å². The number of piperazine rings is 1. The highest BCUT2D eigenvalue weighted by molar-refractivity contribution is 7.89. The molecule has 12 heteroatoms. The van der Waals surface area contributed by atoms with Gasteiger partial charge >= 0.3 is 0 Å². The molecule has 1 atom stereocenters. The number of hydrogen-bond acceptors (Lipinski definition) is 7.